The maximum absolute atomic E-state index is 11.5. The van der Waals surface area contributed by atoms with Crippen molar-refractivity contribution in [3.05, 3.63) is 54.6 Å². The molecule has 0 atom stereocenters. The number of hydrogen-bond acceptors (Lipinski definition) is 7. The van der Waals surface area contributed by atoms with Gasteiger partial charge in [0.15, 0.2) is 11.5 Å². The molecular formula is C22H24O7. The lowest BCUT2D eigenvalue weighted by atomic mass is 10.1. The third kappa shape index (κ3) is 6.97. The molecule has 0 saturated heterocycles. The minimum atomic E-state index is -0.462. The normalized spacial score (nSPS) is 10.1. The predicted molar refractivity (Wildman–Crippen MR) is 107 cm³/mol. The summed E-state index contributed by atoms with van der Waals surface area (Å²) in [5.74, 6) is 1.06. The van der Waals surface area contributed by atoms with Crippen LogP contribution >= 0.6 is 0 Å². The Bertz CT molecular complexity index is 828. The molecule has 0 bridgehead atoms. The molecule has 2 aromatic carbocycles. The van der Waals surface area contributed by atoms with Gasteiger partial charge >= 0.3 is 5.97 Å². The Balaban J connectivity index is 2.13. The highest BCUT2D eigenvalue weighted by Crippen LogP contribution is 2.33. The summed E-state index contributed by atoms with van der Waals surface area (Å²) in [7, 11) is 1.60. The van der Waals surface area contributed by atoms with Crippen LogP contribution in [0.25, 0.3) is 11.1 Å². The van der Waals surface area contributed by atoms with E-state index in [1.807, 2.05) is 24.3 Å². The van der Waals surface area contributed by atoms with Crippen molar-refractivity contribution >= 4 is 12.4 Å². The van der Waals surface area contributed by atoms with Gasteiger partial charge in [-0.2, -0.15) is 0 Å². The van der Waals surface area contributed by atoms with Gasteiger partial charge in [0.2, 0.25) is 0 Å². The fourth-order valence-corrected chi connectivity index (χ4v) is 2.35. The zero-order chi connectivity index (χ0) is 21.1. The third-order valence-electron chi connectivity index (χ3n) is 3.78. The van der Waals surface area contributed by atoms with Crippen LogP contribution in [0.15, 0.2) is 54.6 Å². The first kappa shape index (κ1) is 22.0. The number of hydrogen-bond donors (Lipinski definition) is 0. The molecular weight excluding hydrogens is 376 g/mol. The topological polar surface area (TPSA) is 80.3 Å². The standard InChI is InChI=1S/C22H24O7/c1-16(2)22(24)28-13-12-27-21-14-18(6-9-20(21)26-11-10-25-3)17-4-7-19(8-5-17)29-15-23/h4-9,14-15H,1,10-13H2,2-3H3. The number of carbonyl (C=O) groups excluding carboxylic acids is 2. The molecule has 7 nitrogen and oxygen atoms in total. The number of benzene rings is 2. The van der Waals surface area contributed by atoms with E-state index in [0.29, 0.717) is 42.5 Å². The smallest absolute Gasteiger partial charge is 0.333 e. The Morgan fingerprint density at radius 1 is 0.931 bits per heavy atom. The van der Waals surface area contributed by atoms with Gasteiger partial charge in [0.25, 0.3) is 6.47 Å². The first-order valence-electron chi connectivity index (χ1n) is 8.97. The molecule has 0 amide bonds. The first-order valence-corrected chi connectivity index (χ1v) is 8.97. The van der Waals surface area contributed by atoms with E-state index in [2.05, 4.69) is 6.58 Å². The number of esters is 1. The highest BCUT2D eigenvalue weighted by atomic mass is 16.6. The summed E-state index contributed by atoms with van der Waals surface area (Å²) in [6.07, 6.45) is 0. The summed E-state index contributed by atoms with van der Waals surface area (Å²) in [6, 6.07) is 12.6. The summed E-state index contributed by atoms with van der Waals surface area (Å²) in [4.78, 5) is 21.9. The Morgan fingerprint density at radius 2 is 1.59 bits per heavy atom. The van der Waals surface area contributed by atoms with E-state index in [1.165, 1.54) is 0 Å². The predicted octanol–water partition coefficient (Wildman–Crippen LogP) is 3.41. The van der Waals surface area contributed by atoms with Crippen LogP contribution in [-0.2, 0) is 19.1 Å². The lowest BCUT2D eigenvalue weighted by molar-refractivity contribution is -0.139. The van der Waals surface area contributed by atoms with Gasteiger partial charge in [-0.25, -0.2) is 4.79 Å². The van der Waals surface area contributed by atoms with Crippen LogP contribution in [0.1, 0.15) is 6.92 Å². The van der Waals surface area contributed by atoms with Crippen molar-refractivity contribution in [2.45, 2.75) is 6.92 Å². The fourth-order valence-electron chi connectivity index (χ4n) is 2.35. The third-order valence-corrected chi connectivity index (χ3v) is 3.78. The van der Waals surface area contributed by atoms with E-state index in [4.69, 9.17) is 23.7 Å². The Labute approximate surface area is 169 Å². The molecule has 0 aliphatic carbocycles. The van der Waals surface area contributed by atoms with E-state index < -0.39 is 5.97 Å². The molecule has 0 spiro atoms. The average Bonchev–Trinajstić information content (AvgIpc) is 2.72. The maximum atomic E-state index is 11.5. The van der Waals surface area contributed by atoms with Gasteiger partial charge in [-0.15, -0.1) is 0 Å². The van der Waals surface area contributed by atoms with Crippen molar-refractivity contribution in [2.75, 3.05) is 33.5 Å². The minimum absolute atomic E-state index is 0.0885. The molecule has 29 heavy (non-hydrogen) atoms. The van der Waals surface area contributed by atoms with Gasteiger partial charge in [-0.05, 0) is 42.3 Å². The van der Waals surface area contributed by atoms with Crippen molar-refractivity contribution in [2.24, 2.45) is 0 Å². The van der Waals surface area contributed by atoms with Crippen LogP contribution in [0.3, 0.4) is 0 Å². The second-order valence-electron chi connectivity index (χ2n) is 6.01. The number of ether oxygens (including phenoxy) is 5. The molecule has 0 saturated carbocycles. The molecule has 0 aliphatic rings. The molecule has 2 aromatic rings. The summed E-state index contributed by atoms with van der Waals surface area (Å²) in [5.41, 5.74) is 2.12. The van der Waals surface area contributed by atoms with Crippen LogP contribution in [0.5, 0.6) is 17.2 Å². The monoisotopic (exact) mass is 400 g/mol. The highest BCUT2D eigenvalue weighted by Gasteiger charge is 2.10. The molecule has 0 heterocycles. The van der Waals surface area contributed by atoms with E-state index in [1.54, 1.807) is 32.2 Å². The Morgan fingerprint density at radius 3 is 2.24 bits per heavy atom. The Hall–Kier alpha value is -3.32. The summed E-state index contributed by atoms with van der Waals surface area (Å²) >= 11 is 0. The lowest BCUT2D eigenvalue weighted by Crippen LogP contribution is -2.13. The first-order chi connectivity index (χ1) is 14.0. The second kappa shape index (κ2) is 11.5. The highest BCUT2D eigenvalue weighted by molar-refractivity contribution is 5.86. The van der Waals surface area contributed by atoms with Crippen molar-refractivity contribution in [3.63, 3.8) is 0 Å². The van der Waals surface area contributed by atoms with Gasteiger partial charge in [0, 0.05) is 12.7 Å². The number of carbonyl (C=O) groups is 2. The summed E-state index contributed by atoms with van der Waals surface area (Å²) < 4.78 is 26.3. The van der Waals surface area contributed by atoms with Gasteiger partial charge < -0.3 is 23.7 Å². The molecule has 0 aromatic heterocycles. The molecule has 2 rings (SSSR count). The number of methoxy groups -OCH3 is 1. The van der Waals surface area contributed by atoms with E-state index in [-0.39, 0.29) is 13.2 Å². The van der Waals surface area contributed by atoms with E-state index in [0.717, 1.165) is 11.1 Å². The lowest BCUT2D eigenvalue weighted by Gasteiger charge is -2.14. The fraction of sp³-hybridized carbons (Fsp3) is 0.273. The van der Waals surface area contributed by atoms with Crippen molar-refractivity contribution in [1.82, 2.24) is 0 Å². The molecule has 154 valence electrons. The molecule has 0 N–H and O–H groups in total. The molecule has 0 unspecified atom stereocenters. The van der Waals surface area contributed by atoms with Gasteiger partial charge in [-0.3, -0.25) is 4.79 Å². The average molecular weight is 400 g/mol. The molecule has 0 fully saturated rings. The Kier molecular flexibility index (Phi) is 8.72. The van der Waals surface area contributed by atoms with Crippen molar-refractivity contribution in [1.29, 1.82) is 0 Å². The van der Waals surface area contributed by atoms with E-state index >= 15 is 0 Å². The van der Waals surface area contributed by atoms with Crippen molar-refractivity contribution in [3.8, 4) is 28.4 Å². The van der Waals surface area contributed by atoms with Crippen molar-refractivity contribution < 1.29 is 33.3 Å². The van der Waals surface area contributed by atoms with E-state index in [9.17, 15) is 9.59 Å². The van der Waals surface area contributed by atoms with Gasteiger partial charge in [0.1, 0.15) is 25.6 Å². The van der Waals surface area contributed by atoms with Crippen LogP contribution in [-0.4, -0.2) is 46.0 Å². The number of rotatable bonds is 12. The summed E-state index contributed by atoms with van der Waals surface area (Å²) in [6.45, 7) is 6.56. The van der Waals surface area contributed by atoms with Gasteiger partial charge in [0.05, 0.1) is 6.61 Å². The molecule has 0 radical (unpaired) electrons. The zero-order valence-corrected chi connectivity index (χ0v) is 16.5. The largest absolute Gasteiger partial charge is 0.487 e. The quantitative estimate of drug-likeness (QED) is 0.234. The SMILES string of the molecule is C=C(C)C(=O)OCCOc1cc(-c2ccc(OC=O)cc2)ccc1OCCOC. The van der Waals surface area contributed by atoms with Crippen LogP contribution in [0, 0.1) is 0 Å². The van der Waals surface area contributed by atoms with Gasteiger partial charge in [-0.1, -0.05) is 24.8 Å². The summed E-state index contributed by atoms with van der Waals surface area (Å²) in [5, 5.41) is 0. The van der Waals surface area contributed by atoms with Crippen LogP contribution in [0.2, 0.25) is 0 Å². The minimum Gasteiger partial charge on any atom is -0.487 e. The zero-order valence-electron chi connectivity index (χ0n) is 16.5. The van der Waals surface area contributed by atoms with Crippen LogP contribution in [0.4, 0.5) is 0 Å². The molecule has 7 heteroatoms. The second-order valence-corrected chi connectivity index (χ2v) is 6.01. The molecule has 0 aliphatic heterocycles. The van der Waals surface area contributed by atoms with Crippen LogP contribution < -0.4 is 14.2 Å². The maximum Gasteiger partial charge on any atom is 0.333 e.